The maximum atomic E-state index is 10.6. The number of piperazine rings is 1. The van der Waals surface area contributed by atoms with E-state index < -0.39 is 24.3 Å². The second-order valence-corrected chi connectivity index (χ2v) is 9.51. The zero-order valence-electron chi connectivity index (χ0n) is 23.7. The van der Waals surface area contributed by atoms with Crippen molar-refractivity contribution in [2.24, 2.45) is 0 Å². The number of ether oxygens (including phenoxy) is 1. The van der Waals surface area contributed by atoms with Crippen LogP contribution < -0.4 is 4.74 Å². The Hall–Kier alpha value is -4.84. The van der Waals surface area contributed by atoms with Crippen LogP contribution in [0.4, 0.5) is 26.3 Å². The summed E-state index contributed by atoms with van der Waals surface area (Å²) in [6.07, 6.45) is -2.60. The molecular formula is C27H27F6N7O5. The van der Waals surface area contributed by atoms with Crippen LogP contribution in [0.1, 0.15) is 17.3 Å². The fourth-order valence-corrected chi connectivity index (χ4v) is 4.11. The van der Waals surface area contributed by atoms with E-state index in [1.54, 1.807) is 7.11 Å². The van der Waals surface area contributed by atoms with Crippen molar-refractivity contribution in [2.45, 2.75) is 24.9 Å². The van der Waals surface area contributed by atoms with Crippen LogP contribution in [-0.2, 0) is 16.1 Å². The van der Waals surface area contributed by atoms with E-state index in [0.717, 1.165) is 48.5 Å². The number of methoxy groups -OCH3 is 1. The lowest BCUT2D eigenvalue weighted by molar-refractivity contribution is -0.193. The Bertz CT molecular complexity index is 1540. The molecule has 1 atom stereocenters. The molecule has 1 aliphatic heterocycles. The Kier molecular flexibility index (Phi) is 11.4. The zero-order chi connectivity index (χ0) is 33.4. The summed E-state index contributed by atoms with van der Waals surface area (Å²) >= 11 is 0. The number of halogens is 6. The predicted octanol–water partition coefficient (Wildman–Crippen LogP) is 3.95. The summed E-state index contributed by atoms with van der Waals surface area (Å²) in [7, 11) is 3.78. The van der Waals surface area contributed by atoms with Crippen molar-refractivity contribution in [1.29, 1.82) is 0 Å². The molecule has 1 saturated heterocycles. The van der Waals surface area contributed by atoms with Gasteiger partial charge in [0.25, 0.3) is 0 Å². The van der Waals surface area contributed by atoms with Crippen molar-refractivity contribution in [2.75, 3.05) is 33.8 Å². The first-order valence-electron chi connectivity index (χ1n) is 12.9. The van der Waals surface area contributed by atoms with E-state index in [9.17, 15) is 26.3 Å². The molecule has 18 heteroatoms. The number of hydrogen-bond donors (Lipinski definition) is 2. The maximum absolute atomic E-state index is 10.6. The van der Waals surface area contributed by atoms with Crippen molar-refractivity contribution >= 4 is 17.5 Å². The smallest absolute Gasteiger partial charge is 0.481 e. The number of hydrogen-bond acceptors (Lipinski definition) is 9. The minimum absolute atomic E-state index is 0.191. The highest BCUT2D eigenvalue weighted by molar-refractivity contribution is 5.73. The molecule has 4 aromatic heterocycles. The van der Waals surface area contributed by atoms with Crippen LogP contribution >= 0.6 is 0 Å². The molecule has 45 heavy (non-hydrogen) atoms. The quantitative estimate of drug-likeness (QED) is 0.305. The standard InChI is InChI=1S/C23H25N7O.2C2HF3O2/c1-28-10-11-29(14-17-4-3-9-24-12-17)16-21(28)23-20-7-5-19(15-30(20)27-26-23)18-6-8-22(31-2)25-13-18;2*3-2(4,5)1(6)7/h3-9,12-13,15,21H,10-11,14,16H2,1-2H3;2*(H,6,7). The molecule has 1 aliphatic rings. The second-order valence-electron chi connectivity index (χ2n) is 9.51. The van der Waals surface area contributed by atoms with E-state index in [-0.39, 0.29) is 6.04 Å². The number of aromatic nitrogens is 5. The van der Waals surface area contributed by atoms with Gasteiger partial charge >= 0.3 is 24.3 Å². The van der Waals surface area contributed by atoms with Crippen molar-refractivity contribution in [3.05, 3.63) is 72.4 Å². The van der Waals surface area contributed by atoms with Crippen LogP contribution in [0.3, 0.4) is 0 Å². The lowest BCUT2D eigenvalue weighted by Gasteiger charge is -2.38. The Morgan fingerprint density at radius 2 is 1.60 bits per heavy atom. The molecule has 2 N–H and O–H groups in total. The summed E-state index contributed by atoms with van der Waals surface area (Å²) in [5.74, 6) is -4.91. The average Bonchev–Trinajstić information content (AvgIpc) is 3.41. The summed E-state index contributed by atoms with van der Waals surface area (Å²) in [5.41, 5.74) is 5.32. The van der Waals surface area contributed by atoms with Crippen LogP contribution in [0.15, 0.2) is 61.2 Å². The number of alkyl halides is 6. The van der Waals surface area contributed by atoms with Gasteiger partial charge in [0.2, 0.25) is 5.88 Å². The van der Waals surface area contributed by atoms with E-state index in [4.69, 9.17) is 24.5 Å². The van der Waals surface area contributed by atoms with Gasteiger partial charge in [0.15, 0.2) is 0 Å². The molecule has 4 aromatic rings. The third-order valence-electron chi connectivity index (χ3n) is 6.38. The normalized spacial score (nSPS) is 15.8. The summed E-state index contributed by atoms with van der Waals surface area (Å²) < 4.78 is 70.5. The highest BCUT2D eigenvalue weighted by atomic mass is 19.4. The van der Waals surface area contributed by atoms with Crippen molar-refractivity contribution in [1.82, 2.24) is 34.6 Å². The number of nitrogens with zero attached hydrogens (tertiary/aromatic N) is 7. The van der Waals surface area contributed by atoms with Gasteiger partial charge in [0.05, 0.1) is 18.7 Å². The monoisotopic (exact) mass is 643 g/mol. The maximum Gasteiger partial charge on any atom is 0.490 e. The number of carboxylic acids is 2. The van der Waals surface area contributed by atoms with Crippen molar-refractivity contribution in [3.63, 3.8) is 0 Å². The van der Waals surface area contributed by atoms with Crippen LogP contribution in [0.5, 0.6) is 5.88 Å². The summed E-state index contributed by atoms with van der Waals surface area (Å²) in [6.45, 7) is 3.81. The number of aliphatic carboxylic acids is 2. The predicted molar refractivity (Wildman–Crippen MR) is 145 cm³/mol. The van der Waals surface area contributed by atoms with Gasteiger partial charge in [0, 0.05) is 68.2 Å². The van der Waals surface area contributed by atoms with Gasteiger partial charge in [0.1, 0.15) is 5.69 Å². The van der Waals surface area contributed by atoms with E-state index in [2.05, 4.69) is 55.3 Å². The lowest BCUT2D eigenvalue weighted by Crippen LogP contribution is -2.46. The molecule has 12 nitrogen and oxygen atoms in total. The zero-order valence-corrected chi connectivity index (χ0v) is 23.7. The van der Waals surface area contributed by atoms with Gasteiger partial charge in [-0.1, -0.05) is 17.3 Å². The average molecular weight is 644 g/mol. The first-order valence-corrected chi connectivity index (χ1v) is 12.9. The number of carbonyl (C=O) groups is 2. The SMILES string of the molecule is COc1ccc(-c2ccc3c(C4CN(Cc5cccnc5)CCN4C)nnn3c2)cn1.O=C(O)C(F)(F)F.O=C(O)C(F)(F)F. The largest absolute Gasteiger partial charge is 0.490 e. The van der Waals surface area contributed by atoms with Gasteiger partial charge < -0.3 is 14.9 Å². The molecule has 0 radical (unpaired) electrons. The lowest BCUT2D eigenvalue weighted by atomic mass is 10.1. The molecule has 0 spiro atoms. The molecule has 1 unspecified atom stereocenters. The van der Waals surface area contributed by atoms with Crippen molar-refractivity contribution < 1.29 is 50.9 Å². The Balaban J connectivity index is 0.000000331. The van der Waals surface area contributed by atoms with Gasteiger partial charge in [-0.25, -0.2) is 19.1 Å². The molecule has 5 heterocycles. The third kappa shape index (κ3) is 9.83. The minimum atomic E-state index is -5.08. The molecule has 0 amide bonds. The molecule has 0 saturated carbocycles. The van der Waals surface area contributed by atoms with Crippen molar-refractivity contribution in [3.8, 4) is 17.0 Å². The second kappa shape index (κ2) is 14.8. The van der Waals surface area contributed by atoms with E-state index in [1.807, 2.05) is 47.5 Å². The van der Waals surface area contributed by atoms with Gasteiger partial charge in [-0.05, 0) is 30.8 Å². The van der Waals surface area contributed by atoms with Crippen LogP contribution in [0.2, 0.25) is 0 Å². The molecule has 0 bridgehead atoms. The van der Waals surface area contributed by atoms with E-state index in [0.29, 0.717) is 5.88 Å². The molecule has 5 rings (SSSR count). The minimum Gasteiger partial charge on any atom is -0.481 e. The van der Waals surface area contributed by atoms with Gasteiger partial charge in [-0.2, -0.15) is 26.3 Å². The Morgan fingerprint density at radius 1 is 0.956 bits per heavy atom. The number of fused-ring (bicyclic) bond motifs is 1. The van der Waals surface area contributed by atoms with Crippen LogP contribution in [0, 0.1) is 0 Å². The highest BCUT2D eigenvalue weighted by Crippen LogP contribution is 2.28. The summed E-state index contributed by atoms with van der Waals surface area (Å²) in [4.78, 5) is 31.2. The Morgan fingerprint density at radius 3 is 2.13 bits per heavy atom. The van der Waals surface area contributed by atoms with Gasteiger partial charge in [-0.3, -0.25) is 14.8 Å². The Labute approximate surface area is 251 Å². The fraction of sp³-hybridized carbons (Fsp3) is 0.333. The third-order valence-corrected chi connectivity index (χ3v) is 6.38. The summed E-state index contributed by atoms with van der Waals surface area (Å²) in [6, 6.07) is 12.4. The van der Waals surface area contributed by atoms with Gasteiger partial charge in [-0.15, -0.1) is 5.10 Å². The van der Waals surface area contributed by atoms with Crippen LogP contribution in [-0.4, -0.2) is 103 Å². The molecule has 1 fully saturated rings. The fourth-order valence-electron chi connectivity index (χ4n) is 4.11. The topological polar surface area (TPSA) is 146 Å². The highest BCUT2D eigenvalue weighted by Gasteiger charge is 2.39. The molecular weight excluding hydrogens is 616 g/mol. The number of carboxylic acid groups (broad SMARTS) is 2. The summed E-state index contributed by atoms with van der Waals surface area (Å²) in [5, 5.41) is 23.2. The number of likely N-dealkylation sites (N-methyl/N-ethyl adjacent to an activating group) is 1. The molecule has 0 aliphatic carbocycles. The van der Waals surface area contributed by atoms with E-state index in [1.165, 1.54) is 5.56 Å². The van der Waals surface area contributed by atoms with E-state index >= 15 is 0 Å². The first-order chi connectivity index (χ1) is 21.1. The number of pyridine rings is 3. The first kappa shape index (κ1) is 34.6. The van der Waals surface area contributed by atoms with Crippen LogP contribution in [0.25, 0.3) is 16.6 Å². The molecule has 242 valence electrons. The molecule has 0 aromatic carbocycles. The number of rotatable bonds is 5.